The van der Waals surface area contributed by atoms with E-state index in [4.69, 9.17) is 37.3 Å². The van der Waals surface area contributed by atoms with Crippen LogP contribution in [0.25, 0.3) is 0 Å². The smallest absolute Gasteiger partial charge is 0.463 e. The number of benzene rings is 2. The molecule has 0 radical (unpaired) electrons. The molecule has 0 aromatic heterocycles. The molecule has 2 aromatic carbocycles. The molecule has 1 unspecified atom stereocenters. The molecule has 1 fully saturated rings. The minimum Gasteiger partial charge on any atom is -0.463 e. The first-order valence-corrected chi connectivity index (χ1v) is 14.0. The SMILES string of the molecule is CC(=O)OCC(F)[C@H]1O[C@@H](OP(=O)(Oc2ccccc2)Oc2ccccc2)[C@@H](OC(C)=O)[C@@H](OC(C)=O)[C@@H]1OC(C)=O. The fourth-order valence-corrected chi connectivity index (χ4v) is 5.19. The summed E-state index contributed by atoms with van der Waals surface area (Å²) >= 11 is 0. The highest BCUT2D eigenvalue weighted by Crippen LogP contribution is 2.52. The maximum atomic E-state index is 15.5. The number of halogens is 1. The highest BCUT2D eigenvalue weighted by atomic mass is 31.2. The summed E-state index contributed by atoms with van der Waals surface area (Å²) in [7, 11) is -4.78. The Bertz CT molecular complexity index is 1230. The molecule has 15 heteroatoms. The average Bonchev–Trinajstić information content (AvgIpc) is 2.90. The Labute approximate surface area is 240 Å². The Morgan fingerprint density at radius 1 is 0.738 bits per heavy atom. The van der Waals surface area contributed by atoms with Crippen LogP contribution in [-0.4, -0.2) is 67.4 Å². The molecular formula is C27H30FO13P. The van der Waals surface area contributed by atoms with Crippen LogP contribution in [0.4, 0.5) is 4.39 Å². The highest BCUT2D eigenvalue weighted by Gasteiger charge is 2.57. The van der Waals surface area contributed by atoms with E-state index in [1.807, 2.05) is 0 Å². The molecule has 1 aliphatic rings. The number of phosphoric ester groups is 1. The van der Waals surface area contributed by atoms with Gasteiger partial charge in [-0.15, -0.1) is 0 Å². The zero-order valence-corrected chi connectivity index (χ0v) is 24.0. The maximum absolute atomic E-state index is 15.5. The van der Waals surface area contributed by atoms with Gasteiger partial charge in [0.2, 0.25) is 6.29 Å². The number of hydrogen-bond donors (Lipinski definition) is 0. The van der Waals surface area contributed by atoms with Gasteiger partial charge in [-0.1, -0.05) is 36.4 Å². The Morgan fingerprint density at radius 3 is 1.64 bits per heavy atom. The molecule has 13 nitrogen and oxygen atoms in total. The van der Waals surface area contributed by atoms with Crippen molar-refractivity contribution in [2.75, 3.05) is 6.61 Å². The molecule has 0 amide bonds. The summed E-state index contributed by atoms with van der Waals surface area (Å²) in [5.41, 5.74) is 0. The van der Waals surface area contributed by atoms with Crippen molar-refractivity contribution in [1.82, 2.24) is 0 Å². The predicted molar refractivity (Wildman–Crippen MR) is 140 cm³/mol. The van der Waals surface area contributed by atoms with Crippen molar-refractivity contribution in [3.05, 3.63) is 60.7 Å². The van der Waals surface area contributed by atoms with Crippen LogP contribution >= 0.6 is 7.82 Å². The first kappa shape index (κ1) is 32.5. The van der Waals surface area contributed by atoms with Gasteiger partial charge in [0.05, 0.1) is 0 Å². The lowest BCUT2D eigenvalue weighted by Crippen LogP contribution is -2.64. The number of rotatable bonds is 12. The second-order valence-electron chi connectivity index (χ2n) is 8.87. The molecule has 0 saturated carbocycles. The van der Waals surface area contributed by atoms with Gasteiger partial charge in [0.25, 0.3) is 0 Å². The molecule has 0 bridgehead atoms. The van der Waals surface area contributed by atoms with Gasteiger partial charge >= 0.3 is 31.7 Å². The fourth-order valence-electron chi connectivity index (χ4n) is 3.88. The maximum Gasteiger partial charge on any atom is 0.590 e. The number of ether oxygens (including phenoxy) is 5. The monoisotopic (exact) mass is 612 g/mol. The summed E-state index contributed by atoms with van der Waals surface area (Å²) in [6, 6.07) is 15.5. The molecule has 0 spiro atoms. The van der Waals surface area contributed by atoms with E-state index in [9.17, 15) is 23.7 Å². The summed E-state index contributed by atoms with van der Waals surface area (Å²) in [6.07, 6.45) is -11.3. The van der Waals surface area contributed by atoms with E-state index < -0.39 is 75.2 Å². The third-order valence-corrected chi connectivity index (χ3v) is 6.73. The van der Waals surface area contributed by atoms with Gasteiger partial charge in [-0.2, -0.15) is 0 Å². The minimum atomic E-state index is -4.78. The van der Waals surface area contributed by atoms with E-state index in [0.717, 1.165) is 27.7 Å². The molecule has 0 N–H and O–H groups in total. The lowest BCUT2D eigenvalue weighted by atomic mass is 9.95. The molecule has 1 aliphatic heterocycles. The normalized spacial score (nSPS) is 22.6. The lowest BCUT2D eigenvalue weighted by molar-refractivity contribution is -0.296. The van der Waals surface area contributed by atoms with Gasteiger partial charge in [-0.05, 0) is 24.3 Å². The fraction of sp³-hybridized carbons (Fsp3) is 0.407. The Balaban J connectivity index is 2.08. The van der Waals surface area contributed by atoms with Crippen LogP contribution in [0.15, 0.2) is 60.7 Å². The van der Waals surface area contributed by atoms with E-state index in [-0.39, 0.29) is 11.5 Å². The molecule has 228 valence electrons. The number of hydrogen-bond acceptors (Lipinski definition) is 13. The summed E-state index contributed by atoms with van der Waals surface area (Å²) in [6.45, 7) is 3.19. The average molecular weight is 612 g/mol. The second-order valence-corrected chi connectivity index (χ2v) is 10.3. The Morgan fingerprint density at radius 2 is 1.19 bits per heavy atom. The molecule has 6 atom stereocenters. The predicted octanol–water partition coefficient (Wildman–Crippen LogP) is 3.69. The molecule has 1 saturated heterocycles. The molecule has 2 aromatic rings. The van der Waals surface area contributed by atoms with Gasteiger partial charge in [0.15, 0.2) is 24.5 Å². The quantitative estimate of drug-likeness (QED) is 0.194. The van der Waals surface area contributed by atoms with Crippen molar-refractivity contribution < 1.29 is 65.4 Å². The zero-order chi connectivity index (χ0) is 30.9. The minimum absolute atomic E-state index is 0.0423. The molecule has 1 heterocycles. The van der Waals surface area contributed by atoms with Crippen molar-refractivity contribution in [2.45, 2.75) is 64.6 Å². The van der Waals surface area contributed by atoms with Gasteiger partial charge in [-0.25, -0.2) is 13.5 Å². The topological polar surface area (TPSA) is 159 Å². The Kier molecular flexibility index (Phi) is 11.4. The molecular weight excluding hydrogens is 582 g/mol. The van der Waals surface area contributed by atoms with E-state index in [0.29, 0.717) is 0 Å². The van der Waals surface area contributed by atoms with Crippen LogP contribution in [0, 0.1) is 0 Å². The first-order chi connectivity index (χ1) is 19.9. The summed E-state index contributed by atoms with van der Waals surface area (Å²) in [5.74, 6) is -3.54. The largest absolute Gasteiger partial charge is 0.590 e. The van der Waals surface area contributed by atoms with Crippen molar-refractivity contribution in [2.24, 2.45) is 0 Å². The lowest BCUT2D eigenvalue weighted by Gasteiger charge is -2.45. The number of phosphoric acid groups is 1. The third kappa shape index (κ3) is 9.54. The number of para-hydroxylation sites is 2. The van der Waals surface area contributed by atoms with Gasteiger partial charge in [0, 0.05) is 27.7 Å². The van der Waals surface area contributed by atoms with Crippen LogP contribution in [0.2, 0.25) is 0 Å². The van der Waals surface area contributed by atoms with E-state index in [1.165, 1.54) is 24.3 Å². The van der Waals surface area contributed by atoms with Crippen LogP contribution in [0.3, 0.4) is 0 Å². The first-order valence-electron chi connectivity index (χ1n) is 12.6. The van der Waals surface area contributed by atoms with Crippen molar-refractivity contribution in [3.8, 4) is 11.5 Å². The number of alkyl halides is 1. The summed E-state index contributed by atoms with van der Waals surface area (Å²) < 4.78 is 72.7. The van der Waals surface area contributed by atoms with Crippen LogP contribution < -0.4 is 9.05 Å². The highest BCUT2D eigenvalue weighted by molar-refractivity contribution is 7.49. The van der Waals surface area contributed by atoms with E-state index in [2.05, 4.69) is 0 Å². The molecule has 3 rings (SSSR count). The third-order valence-electron chi connectivity index (χ3n) is 5.39. The summed E-state index contributed by atoms with van der Waals surface area (Å²) in [4.78, 5) is 47.5. The van der Waals surface area contributed by atoms with Gasteiger partial charge < -0.3 is 32.7 Å². The van der Waals surface area contributed by atoms with E-state index in [1.54, 1.807) is 36.4 Å². The van der Waals surface area contributed by atoms with Crippen molar-refractivity contribution >= 4 is 31.7 Å². The van der Waals surface area contributed by atoms with Gasteiger partial charge in [0.1, 0.15) is 24.2 Å². The van der Waals surface area contributed by atoms with E-state index >= 15 is 4.39 Å². The Hall–Kier alpha value is -4.00. The van der Waals surface area contributed by atoms with Crippen LogP contribution in [0.5, 0.6) is 11.5 Å². The number of carbonyl (C=O) groups is 4. The van der Waals surface area contributed by atoms with Crippen LogP contribution in [0.1, 0.15) is 27.7 Å². The van der Waals surface area contributed by atoms with Crippen molar-refractivity contribution in [1.29, 1.82) is 0 Å². The molecule has 42 heavy (non-hydrogen) atoms. The van der Waals surface area contributed by atoms with Crippen LogP contribution in [-0.2, 0) is 52.0 Å². The van der Waals surface area contributed by atoms with Gasteiger partial charge in [-0.3, -0.25) is 19.2 Å². The number of esters is 4. The number of carbonyl (C=O) groups excluding carboxylic acids is 4. The van der Waals surface area contributed by atoms with Crippen molar-refractivity contribution in [3.63, 3.8) is 0 Å². The zero-order valence-electron chi connectivity index (χ0n) is 23.1. The second kappa shape index (κ2) is 14.8. The standard InChI is InChI=1S/C27H30FO13P/c1-16(29)34-15-22(28)23-24(35-17(2)30)25(36-18(3)31)26(37-19(4)32)27(38-23)41-42(33,39-20-11-7-5-8-12-20)40-21-13-9-6-10-14-21/h5-14,22-27H,15H2,1-4H3/t22?,23-,24-,25+,26+,27+/m1/s1. The molecule has 0 aliphatic carbocycles. The summed E-state index contributed by atoms with van der Waals surface area (Å²) in [5, 5.41) is 0.